The van der Waals surface area contributed by atoms with Crippen LogP contribution in [0.1, 0.15) is 33.4 Å². The molecule has 1 aliphatic rings. The van der Waals surface area contributed by atoms with Gasteiger partial charge in [0.2, 0.25) is 0 Å². The first-order valence-corrected chi connectivity index (χ1v) is 12.0. The van der Waals surface area contributed by atoms with Gasteiger partial charge < -0.3 is 14.3 Å². The number of carbonyl (C=O) groups excluding carboxylic acids is 1. The molecule has 1 N–H and O–H groups in total. The van der Waals surface area contributed by atoms with E-state index in [1.54, 1.807) is 0 Å². The summed E-state index contributed by atoms with van der Waals surface area (Å²) >= 11 is 7.02. The quantitative estimate of drug-likeness (QED) is 0.252. The molecule has 0 unspecified atom stereocenters. The Morgan fingerprint density at radius 1 is 0.969 bits per heavy atom. The molecule has 1 atom stereocenters. The zero-order valence-corrected chi connectivity index (χ0v) is 20.1. The highest BCUT2D eigenvalue weighted by Gasteiger charge is 2.36. The number of para-hydroxylation sites is 1. The average molecular weight is 550 g/mol. The van der Waals surface area contributed by atoms with Crippen molar-refractivity contribution in [1.82, 2.24) is 9.88 Å². The van der Waals surface area contributed by atoms with Crippen molar-refractivity contribution in [2.75, 3.05) is 6.54 Å². The molecule has 5 aromatic rings. The summed E-state index contributed by atoms with van der Waals surface area (Å²) in [7, 11) is 0. The Morgan fingerprint density at radius 2 is 1.75 bits per heavy atom. The van der Waals surface area contributed by atoms with Crippen LogP contribution in [0.4, 0.5) is 0 Å². The van der Waals surface area contributed by atoms with Crippen LogP contribution in [-0.2, 0) is 6.42 Å². The Balaban J connectivity index is 1.49. The van der Waals surface area contributed by atoms with Crippen molar-refractivity contribution in [2.45, 2.75) is 12.5 Å². The Morgan fingerprint density at radius 3 is 2.59 bits per heavy atom. The molecule has 3 aromatic carbocycles. The lowest BCUT2D eigenvalue weighted by Gasteiger charge is -2.35. The van der Waals surface area contributed by atoms with E-state index in [2.05, 4.69) is 67.2 Å². The fourth-order valence-corrected chi connectivity index (χ4v) is 5.36. The first-order valence-electron chi connectivity index (χ1n) is 10.4. The Kier molecular flexibility index (Phi) is 4.73. The molecule has 0 spiro atoms. The van der Waals surface area contributed by atoms with E-state index in [0.29, 0.717) is 17.9 Å². The minimum absolute atomic E-state index is 0.102. The van der Waals surface area contributed by atoms with Crippen molar-refractivity contribution in [3.05, 3.63) is 104 Å². The number of hydrogen-bond donors (Lipinski definition) is 1. The summed E-state index contributed by atoms with van der Waals surface area (Å²) in [5.74, 6) is 0.259. The summed E-state index contributed by atoms with van der Waals surface area (Å²) in [5.41, 5.74) is 5.23. The van der Waals surface area contributed by atoms with Crippen LogP contribution in [0.3, 0.4) is 0 Å². The number of hydrogen-bond acceptors (Lipinski definition) is 2. The second-order valence-corrected chi connectivity index (χ2v) is 9.89. The molecule has 6 rings (SSSR count). The molecule has 1 amide bonds. The first kappa shape index (κ1) is 19.8. The number of nitrogens with zero attached hydrogens (tertiary/aromatic N) is 1. The molecule has 0 bridgehead atoms. The lowest BCUT2D eigenvalue weighted by Crippen LogP contribution is -2.40. The maximum absolute atomic E-state index is 13.7. The third kappa shape index (κ3) is 3.21. The maximum atomic E-state index is 13.7. The van der Waals surface area contributed by atoms with Crippen molar-refractivity contribution < 1.29 is 9.21 Å². The number of nitrogens with one attached hydrogen (secondary N) is 1. The Bertz CT molecular complexity index is 1480. The van der Waals surface area contributed by atoms with Crippen LogP contribution in [0.25, 0.3) is 21.9 Å². The zero-order chi connectivity index (χ0) is 21.8. The minimum Gasteiger partial charge on any atom is -0.451 e. The molecule has 0 saturated heterocycles. The molecule has 32 heavy (non-hydrogen) atoms. The van der Waals surface area contributed by atoms with Gasteiger partial charge in [-0.1, -0.05) is 62.2 Å². The molecule has 0 saturated carbocycles. The summed E-state index contributed by atoms with van der Waals surface area (Å²) in [6, 6.07) is 23.9. The van der Waals surface area contributed by atoms with Gasteiger partial charge in [0.15, 0.2) is 5.76 Å². The number of carbonyl (C=O) groups is 1. The van der Waals surface area contributed by atoms with Gasteiger partial charge in [0.05, 0.1) is 6.04 Å². The number of furan rings is 1. The van der Waals surface area contributed by atoms with Crippen LogP contribution in [0.5, 0.6) is 0 Å². The normalized spacial score (nSPS) is 15.9. The fraction of sp³-hybridized carbons (Fsp3) is 0.115. The number of aromatic nitrogens is 1. The smallest absolute Gasteiger partial charge is 0.290 e. The molecule has 3 heterocycles. The van der Waals surface area contributed by atoms with Gasteiger partial charge in [-0.15, -0.1) is 0 Å². The number of aromatic amines is 1. The first-order chi connectivity index (χ1) is 15.6. The van der Waals surface area contributed by atoms with Crippen LogP contribution in [0.15, 0.2) is 86.2 Å². The molecule has 0 fully saturated rings. The number of halogens is 2. The van der Waals surface area contributed by atoms with E-state index in [9.17, 15) is 4.79 Å². The van der Waals surface area contributed by atoms with Gasteiger partial charge in [-0.25, -0.2) is 0 Å². The summed E-state index contributed by atoms with van der Waals surface area (Å²) in [6.07, 6.45) is 0.796. The molecular weight excluding hydrogens is 532 g/mol. The highest BCUT2D eigenvalue weighted by Crippen LogP contribution is 2.39. The van der Waals surface area contributed by atoms with E-state index in [4.69, 9.17) is 4.42 Å². The van der Waals surface area contributed by atoms with E-state index in [-0.39, 0.29) is 11.9 Å². The van der Waals surface area contributed by atoms with Crippen LogP contribution in [-0.4, -0.2) is 22.3 Å². The number of H-pyrrole nitrogens is 1. The highest BCUT2D eigenvalue weighted by atomic mass is 79.9. The number of benzene rings is 3. The lowest BCUT2D eigenvalue weighted by molar-refractivity contribution is 0.0661. The molecule has 4 nitrogen and oxygen atoms in total. The van der Waals surface area contributed by atoms with E-state index in [1.807, 2.05) is 47.4 Å². The molecular formula is C26H18Br2N2O2. The largest absolute Gasteiger partial charge is 0.451 e. The molecule has 1 aliphatic heterocycles. The van der Waals surface area contributed by atoms with Crippen molar-refractivity contribution >= 4 is 59.6 Å². The second-order valence-electron chi connectivity index (χ2n) is 8.06. The predicted molar refractivity (Wildman–Crippen MR) is 133 cm³/mol. The number of amides is 1. The van der Waals surface area contributed by atoms with Gasteiger partial charge in [-0.3, -0.25) is 4.79 Å². The standard InChI is InChI=1S/C26H18Br2N2O2/c27-17-7-5-15(6-8-17)25-24-20(19-3-1-2-4-21(19)29-24)11-12-30(25)26(31)23-14-16-13-18(28)9-10-22(16)32-23/h1-10,13-14,25,29H,11-12H2/t25-/m1/s1. The lowest BCUT2D eigenvalue weighted by atomic mass is 9.92. The minimum atomic E-state index is -0.216. The van der Waals surface area contributed by atoms with Crippen LogP contribution >= 0.6 is 31.9 Å². The van der Waals surface area contributed by atoms with E-state index in [1.165, 1.54) is 10.9 Å². The molecule has 2 aromatic heterocycles. The van der Waals surface area contributed by atoms with Gasteiger partial charge in [0.25, 0.3) is 5.91 Å². The Hall–Kier alpha value is -2.83. The van der Waals surface area contributed by atoms with E-state index >= 15 is 0 Å². The summed E-state index contributed by atoms with van der Waals surface area (Å²) in [6.45, 7) is 0.620. The highest BCUT2D eigenvalue weighted by molar-refractivity contribution is 9.10. The molecule has 0 aliphatic carbocycles. The number of fused-ring (bicyclic) bond motifs is 4. The van der Waals surface area contributed by atoms with Crippen molar-refractivity contribution in [3.63, 3.8) is 0 Å². The third-order valence-electron chi connectivity index (χ3n) is 6.17. The van der Waals surface area contributed by atoms with Crippen molar-refractivity contribution in [2.24, 2.45) is 0 Å². The van der Waals surface area contributed by atoms with Gasteiger partial charge in [-0.05, 0) is 60.0 Å². The number of rotatable bonds is 2. The fourth-order valence-electron chi connectivity index (χ4n) is 4.71. The van der Waals surface area contributed by atoms with Gasteiger partial charge in [0.1, 0.15) is 5.58 Å². The maximum Gasteiger partial charge on any atom is 0.290 e. The predicted octanol–water partition coefficient (Wildman–Crippen LogP) is 7.23. The van der Waals surface area contributed by atoms with Gasteiger partial charge in [0, 0.05) is 37.5 Å². The van der Waals surface area contributed by atoms with Gasteiger partial charge in [-0.2, -0.15) is 0 Å². The zero-order valence-electron chi connectivity index (χ0n) is 16.9. The SMILES string of the molecule is O=C(c1cc2cc(Br)ccc2o1)N1CCc2c([nH]c3ccccc23)[C@H]1c1ccc(Br)cc1. The second kappa shape index (κ2) is 7.64. The Labute approximate surface area is 201 Å². The molecule has 0 radical (unpaired) electrons. The average Bonchev–Trinajstić information content (AvgIpc) is 3.39. The van der Waals surface area contributed by atoms with E-state index in [0.717, 1.165) is 37.5 Å². The summed E-state index contributed by atoms with van der Waals surface area (Å²) < 4.78 is 7.92. The van der Waals surface area contributed by atoms with E-state index < -0.39 is 0 Å². The monoisotopic (exact) mass is 548 g/mol. The molecule has 158 valence electrons. The summed E-state index contributed by atoms with van der Waals surface area (Å²) in [4.78, 5) is 19.3. The van der Waals surface area contributed by atoms with Crippen LogP contribution in [0, 0.1) is 0 Å². The van der Waals surface area contributed by atoms with Crippen LogP contribution in [0.2, 0.25) is 0 Å². The third-order valence-corrected chi connectivity index (χ3v) is 7.19. The van der Waals surface area contributed by atoms with Crippen LogP contribution < -0.4 is 0 Å². The summed E-state index contributed by atoms with van der Waals surface area (Å²) in [5, 5.41) is 2.14. The molecule has 6 heteroatoms. The van der Waals surface area contributed by atoms with Crippen molar-refractivity contribution in [3.8, 4) is 0 Å². The van der Waals surface area contributed by atoms with Crippen molar-refractivity contribution in [1.29, 1.82) is 0 Å². The topological polar surface area (TPSA) is 49.2 Å². The van der Waals surface area contributed by atoms with Gasteiger partial charge >= 0.3 is 0 Å².